The third-order valence-electron chi connectivity index (χ3n) is 4.26. The van der Waals surface area contributed by atoms with Crippen LogP contribution in [0.4, 0.5) is 5.69 Å². The van der Waals surface area contributed by atoms with Gasteiger partial charge in [0.15, 0.2) is 11.3 Å². The molecule has 0 fully saturated rings. The second-order valence-electron chi connectivity index (χ2n) is 6.11. The minimum atomic E-state index is -0.768. The van der Waals surface area contributed by atoms with Crippen LogP contribution in [0.2, 0.25) is 5.02 Å². The van der Waals surface area contributed by atoms with Gasteiger partial charge in [-0.2, -0.15) is 0 Å². The SMILES string of the molecule is CCOC(=O)C1=C(Nc2ccccc2Cl)OC(=Cc2c[nH]c3ncccc23)C1=O. The molecule has 1 aliphatic heterocycles. The Morgan fingerprint density at radius 3 is 2.93 bits per heavy atom. The highest BCUT2D eigenvalue weighted by atomic mass is 35.5. The molecule has 0 unspecified atom stereocenters. The van der Waals surface area contributed by atoms with Crippen LogP contribution in [0.1, 0.15) is 12.5 Å². The summed E-state index contributed by atoms with van der Waals surface area (Å²) in [4.78, 5) is 32.6. The lowest BCUT2D eigenvalue weighted by Crippen LogP contribution is -2.16. The third kappa shape index (κ3) is 3.60. The van der Waals surface area contributed by atoms with Gasteiger partial charge in [0.25, 0.3) is 0 Å². The number of nitrogens with zero attached hydrogens (tertiary/aromatic N) is 1. The first kappa shape index (κ1) is 18.8. The Bertz CT molecular complexity index is 1180. The van der Waals surface area contributed by atoms with E-state index in [1.807, 2.05) is 6.07 Å². The van der Waals surface area contributed by atoms with E-state index in [0.29, 0.717) is 21.9 Å². The molecule has 1 aromatic carbocycles. The number of pyridine rings is 1. The molecule has 2 N–H and O–H groups in total. The summed E-state index contributed by atoms with van der Waals surface area (Å²) >= 11 is 6.18. The zero-order valence-electron chi connectivity index (χ0n) is 15.4. The molecule has 0 spiro atoms. The molecule has 29 heavy (non-hydrogen) atoms. The summed E-state index contributed by atoms with van der Waals surface area (Å²) in [6.07, 6.45) is 4.94. The number of nitrogens with one attached hydrogen (secondary N) is 2. The molecule has 0 atom stereocenters. The Morgan fingerprint density at radius 2 is 2.14 bits per heavy atom. The predicted octanol–water partition coefficient (Wildman–Crippen LogP) is 4.04. The largest absolute Gasteiger partial charge is 0.462 e. The molecule has 7 nitrogen and oxygen atoms in total. The van der Waals surface area contributed by atoms with Crippen molar-refractivity contribution in [1.29, 1.82) is 0 Å². The highest BCUT2D eigenvalue weighted by molar-refractivity contribution is 6.33. The van der Waals surface area contributed by atoms with E-state index in [1.54, 1.807) is 55.7 Å². The number of hydrogen-bond acceptors (Lipinski definition) is 6. The molecule has 1 aliphatic rings. The molecule has 0 amide bonds. The molecule has 3 aromatic rings. The van der Waals surface area contributed by atoms with Crippen molar-refractivity contribution in [3.63, 3.8) is 0 Å². The minimum Gasteiger partial charge on any atom is -0.462 e. The molecule has 0 radical (unpaired) electrons. The maximum atomic E-state index is 12.9. The van der Waals surface area contributed by atoms with Gasteiger partial charge >= 0.3 is 5.97 Å². The van der Waals surface area contributed by atoms with Crippen LogP contribution < -0.4 is 5.32 Å². The van der Waals surface area contributed by atoms with Crippen molar-refractivity contribution in [1.82, 2.24) is 9.97 Å². The Morgan fingerprint density at radius 1 is 1.31 bits per heavy atom. The van der Waals surface area contributed by atoms with Gasteiger partial charge in [0.2, 0.25) is 11.7 Å². The smallest absolute Gasteiger partial charge is 0.347 e. The standard InChI is InChI=1S/C21H16ClN3O4/c1-2-28-21(27)17-18(26)16(10-12-11-24-19-13(12)6-5-9-23-19)29-20(17)25-15-8-4-3-7-14(15)22/h3-11,25H,2H2,1H3,(H,23,24). The summed E-state index contributed by atoms with van der Waals surface area (Å²) in [6.45, 7) is 1.79. The number of anilines is 1. The van der Waals surface area contributed by atoms with Crippen molar-refractivity contribution < 1.29 is 19.1 Å². The van der Waals surface area contributed by atoms with Crippen molar-refractivity contribution in [3.8, 4) is 0 Å². The van der Waals surface area contributed by atoms with E-state index in [4.69, 9.17) is 21.1 Å². The number of benzene rings is 1. The maximum absolute atomic E-state index is 12.9. The molecule has 2 aromatic heterocycles. The van der Waals surface area contributed by atoms with Crippen LogP contribution in [0.25, 0.3) is 17.1 Å². The van der Waals surface area contributed by atoms with Crippen molar-refractivity contribution in [2.75, 3.05) is 11.9 Å². The normalized spacial score (nSPS) is 15.1. The van der Waals surface area contributed by atoms with Gasteiger partial charge < -0.3 is 19.8 Å². The predicted molar refractivity (Wildman–Crippen MR) is 109 cm³/mol. The number of carbonyl (C=O) groups is 2. The van der Waals surface area contributed by atoms with Crippen molar-refractivity contribution >= 4 is 46.2 Å². The maximum Gasteiger partial charge on any atom is 0.347 e. The number of Topliss-reactive ketones (excluding diaryl/α,β-unsaturated/α-hetero) is 1. The third-order valence-corrected chi connectivity index (χ3v) is 4.59. The molecule has 0 saturated heterocycles. The van der Waals surface area contributed by atoms with E-state index < -0.39 is 11.8 Å². The molecule has 4 rings (SSSR count). The lowest BCUT2D eigenvalue weighted by atomic mass is 10.1. The Balaban J connectivity index is 1.72. The number of ketones is 1. The minimum absolute atomic E-state index is 0.00707. The van der Waals surface area contributed by atoms with Crippen LogP contribution in [-0.2, 0) is 19.1 Å². The summed E-state index contributed by atoms with van der Waals surface area (Å²) in [6, 6.07) is 10.6. The summed E-state index contributed by atoms with van der Waals surface area (Å²) in [5.41, 5.74) is 1.67. The number of hydrogen-bond donors (Lipinski definition) is 2. The summed E-state index contributed by atoms with van der Waals surface area (Å²) in [5.74, 6) is -1.37. The molecule has 0 saturated carbocycles. The molecule has 3 heterocycles. The number of esters is 1. The number of ether oxygens (including phenoxy) is 2. The summed E-state index contributed by atoms with van der Waals surface area (Å²) in [5, 5.41) is 4.16. The van der Waals surface area contributed by atoms with Crippen molar-refractivity contribution in [2.24, 2.45) is 0 Å². The Hall–Kier alpha value is -3.58. The number of aromatic amines is 1. The van der Waals surface area contributed by atoms with E-state index in [-0.39, 0.29) is 23.8 Å². The second-order valence-corrected chi connectivity index (χ2v) is 6.52. The fraction of sp³-hybridized carbons (Fsp3) is 0.0952. The van der Waals surface area contributed by atoms with Gasteiger partial charge in [0.1, 0.15) is 5.65 Å². The van der Waals surface area contributed by atoms with Crippen molar-refractivity contribution in [3.05, 3.63) is 76.6 Å². The van der Waals surface area contributed by atoms with Gasteiger partial charge in [0, 0.05) is 23.3 Å². The molecular weight excluding hydrogens is 394 g/mol. The van der Waals surface area contributed by atoms with Crippen LogP contribution >= 0.6 is 11.6 Å². The fourth-order valence-corrected chi connectivity index (χ4v) is 3.11. The number of allylic oxidation sites excluding steroid dienone is 1. The number of aromatic nitrogens is 2. The van der Waals surface area contributed by atoms with E-state index >= 15 is 0 Å². The first-order chi connectivity index (χ1) is 14.1. The van der Waals surface area contributed by atoms with E-state index in [2.05, 4.69) is 15.3 Å². The van der Waals surface area contributed by atoms with E-state index in [0.717, 1.165) is 5.39 Å². The number of halogens is 1. The zero-order valence-corrected chi connectivity index (χ0v) is 16.1. The van der Waals surface area contributed by atoms with Crippen LogP contribution in [0.15, 0.2) is 66.0 Å². The topological polar surface area (TPSA) is 93.3 Å². The molecule has 146 valence electrons. The summed E-state index contributed by atoms with van der Waals surface area (Å²) < 4.78 is 10.8. The molecule has 0 bridgehead atoms. The number of fused-ring (bicyclic) bond motifs is 1. The van der Waals surface area contributed by atoms with E-state index in [9.17, 15) is 9.59 Å². The van der Waals surface area contributed by atoms with E-state index in [1.165, 1.54) is 0 Å². The summed E-state index contributed by atoms with van der Waals surface area (Å²) in [7, 11) is 0. The number of H-pyrrole nitrogens is 1. The first-order valence-electron chi connectivity index (χ1n) is 8.87. The molecule has 8 heteroatoms. The van der Waals surface area contributed by atoms with Crippen LogP contribution in [0.5, 0.6) is 0 Å². The van der Waals surface area contributed by atoms with Crippen LogP contribution in [-0.4, -0.2) is 28.3 Å². The molecule has 0 aliphatic carbocycles. The molecular formula is C21H16ClN3O4. The Labute approximate surface area is 171 Å². The van der Waals surface area contributed by atoms with Crippen LogP contribution in [0.3, 0.4) is 0 Å². The quantitative estimate of drug-likeness (QED) is 0.375. The Kier molecular flexibility index (Phi) is 5.05. The average Bonchev–Trinajstić information content (AvgIpc) is 3.25. The number of rotatable bonds is 5. The van der Waals surface area contributed by atoms with Crippen LogP contribution in [0, 0.1) is 0 Å². The van der Waals surface area contributed by atoms with Gasteiger partial charge in [0.05, 0.1) is 17.3 Å². The van der Waals surface area contributed by atoms with Gasteiger partial charge in [-0.25, -0.2) is 9.78 Å². The number of carbonyl (C=O) groups excluding carboxylic acids is 2. The first-order valence-corrected chi connectivity index (χ1v) is 9.25. The van der Waals surface area contributed by atoms with Gasteiger partial charge in [-0.15, -0.1) is 0 Å². The highest BCUT2D eigenvalue weighted by Gasteiger charge is 2.37. The van der Waals surface area contributed by atoms with Crippen molar-refractivity contribution in [2.45, 2.75) is 6.92 Å². The second kappa shape index (κ2) is 7.81. The lowest BCUT2D eigenvalue weighted by Gasteiger charge is -2.10. The number of para-hydroxylation sites is 1. The van der Waals surface area contributed by atoms with Gasteiger partial charge in [-0.3, -0.25) is 4.79 Å². The van der Waals surface area contributed by atoms with Gasteiger partial charge in [-0.1, -0.05) is 23.7 Å². The fourth-order valence-electron chi connectivity index (χ4n) is 2.93. The zero-order chi connectivity index (χ0) is 20.4. The lowest BCUT2D eigenvalue weighted by molar-refractivity contribution is -0.139. The average molecular weight is 410 g/mol. The van der Waals surface area contributed by atoms with Gasteiger partial charge in [-0.05, 0) is 37.3 Å². The monoisotopic (exact) mass is 409 g/mol. The highest BCUT2D eigenvalue weighted by Crippen LogP contribution is 2.32.